The predicted octanol–water partition coefficient (Wildman–Crippen LogP) is 4.16. The standard InChI is InChI=1S/C24H32N2O4S/c1-5-11-25(24(28)17(2)3)15-23(27)26-12-9-22-20(10-13-31-22)21(26)16-30-19-8-6-7-18(14-19)29-4/h6-8,10,13-14,17,21H,5,9,11-12,15-16H2,1-4H3. The fraction of sp³-hybridized carbons (Fsp3) is 0.500. The van der Waals surface area contributed by atoms with Crippen molar-refractivity contribution in [2.24, 2.45) is 5.92 Å². The molecule has 1 aromatic heterocycles. The molecule has 6 nitrogen and oxygen atoms in total. The van der Waals surface area contributed by atoms with Crippen LogP contribution in [-0.2, 0) is 16.0 Å². The minimum absolute atomic E-state index is 0.0209. The summed E-state index contributed by atoms with van der Waals surface area (Å²) in [4.78, 5) is 30.8. The fourth-order valence-electron chi connectivity index (χ4n) is 3.90. The van der Waals surface area contributed by atoms with Gasteiger partial charge in [-0.3, -0.25) is 9.59 Å². The van der Waals surface area contributed by atoms with Crippen molar-refractivity contribution in [2.75, 3.05) is 33.4 Å². The van der Waals surface area contributed by atoms with E-state index < -0.39 is 0 Å². The summed E-state index contributed by atoms with van der Waals surface area (Å²) >= 11 is 1.72. The lowest BCUT2D eigenvalue weighted by molar-refractivity contribution is -0.144. The van der Waals surface area contributed by atoms with E-state index in [0.29, 0.717) is 25.4 Å². The van der Waals surface area contributed by atoms with Crippen molar-refractivity contribution in [1.29, 1.82) is 0 Å². The number of hydrogen-bond acceptors (Lipinski definition) is 5. The molecule has 2 aromatic rings. The van der Waals surface area contributed by atoms with Gasteiger partial charge >= 0.3 is 0 Å². The third-order valence-corrected chi connectivity index (χ3v) is 6.49. The molecule has 1 aliphatic heterocycles. The zero-order chi connectivity index (χ0) is 22.4. The van der Waals surface area contributed by atoms with E-state index in [2.05, 4.69) is 11.4 Å². The fourth-order valence-corrected chi connectivity index (χ4v) is 4.83. The Bertz CT molecular complexity index is 895. The van der Waals surface area contributed by atoms with Gasteiger partial charge in [0, 0.05) is 30.0 Å². The van der Waals surface area contributed by atoms with E-state index in [1.54, 1.807) is 23.3 Å². The molecule has 3 rings (SSSR count). The molecule has 1 aromatic carbocycles. The van der Waals surface area contributed by atoms with Crippen LogP contribution in [0, 0.1) is 5.92 Å². The third kappa shape index (κ3) is 5.58. The van der Waals surface area contributed by atoms with Crippen LogP contribution in [-0.4, -0.2) is 55.0 Å². The molecule has 31 heavy (non-hydrogen) atoms. The lowest BCUT2D eigenvalue weighted by atomic mass is 10.00. The molecule has 7 heteroatoms. The summed E-state index contributed by atoms with van der Waals surface area (Å²) in [5.74, 6) is 1.30. The van der Waals surface area contributed by atoms with Gasteiger partial charge in [0.05, 0.1) is 19.7 Å². The average Bonchev–Trinajstić information content (AvgIpc) is 3.25. The number of benzene rings is 1. The van der Waals surface area contributed by atoms with Crippen molar-refractivity contribution >= 4 is 23.2 Å². The summed E-state index contributed by atoms with van der Waals surface area (Å²) in [6, 6.07) is 9.39. The maximum Gasteiger partial charge on any atom is 0.242 e. The summed E-state index contributed by atoms with van der Waals surface area (Å²) in [5.41, 5.74) is 1.14. The third-order valence-electron chi connectivity index (χ3n) is 5.49. The largest absolute Gasteiger partial charge is 0.497 e. The quantitative estimate of drug-likeness (QED) is 0.583. The lowest BCUT2D eigenvalue weighted by Gasteiger charge is -2.37. The van der Waals surface area contributed by atoms with Crippen LogP contribution in [0.25, 0.3) is 0 Å². The van der Waals surface area contributed by atoms with E-state index >= 15 is 0 Å². The van der Waals surface area contributed by atoms with Crippen molar-refractivity contribution in [3.05, 3.63) is 46.2 Å². The molecule has 0 fully saturated rings. The van der Waals surface area contributed by atoms with Gasteiger partial charge in [0.15, 0.2) is 0 Å². The first-order chi connectivity index (χ1) is 14.9. The van der Waals surface area contributed by atoms with E-state index in [9.17, 15) is 9.59 Å². The number of amides is 2. The zero-order valence-electron chi connectivity index (χ0n) is 18.8. The molecule has 168 valence electrons. The lowest BCUT2D eigenvalue weighted by Crippen LogP contribution is -2.48. The molecular formula is C24H32N2O4S. The van der Waals surface area contributed by atoms with E-state index in [1.807, 2.05) is 49.9 Å². The molecule has 1 aliphatic rings. The van der Waals surface area contributed by atoms with Gasteiger partial charge in [0.25, 0.3) is 0 Å². The molecular weight excluding hydrogens is 412 g/mol. The molecule has 0 saturated carbocycles. The van der Waals surface area contributed by atoms with Crippen LogP contribution in [0.4, 0.5) is 0 Å². The topological polar surface area (TPSA) is 59.1 Å². The molecule has 0 radical (unpaired) electrons. The second-order valence-corrected chi connectivity index (χ2v) is 9.06. The number of methoxy groups -OCH3 is 1. The van der Waals surface area contributed by atoms with E-state index in [0.717, 1.165) is 24.2 Å². The summed E-state index contributed by atoms with van der Waals surface area (Å²) in [5, 5.41) is 2.07. The van der Waals surface area contributed by atoms with E-state index in [4.69, 9.17) is 9.47 Å². The Kier molecular flexibility index (Phi) is 7.96. The highest BCUT2D eigenvalue weighted by Gasteiger charge is 2.33. The van der Waals surface area contributed by atoms with Crippen LogP contribution in [0.15, 0.2) is 35.7 Å². The second kappa shape index (κ2) is 10.7. The Labute approximate surface area is 188 Å². The maximum atomic E-state index is 13.3. The smallest absolute Gasteiger partial charge is 0.242 e. The van der Waals surface area contributed by atoms with Gasteiger partial charge < -0.3 is 19.3 Å². The average molecular weight is 445 g/mol. The summed E-state index contributed by atoms with van der Waals surface area (Å²) < 4.78 is 11.4. The van der Waals surface area contributed by atoms with E-state index in [-0.39, 0.29) is 30.3 Å². The molecule has 0 aliphatic carbocycles. The molecule has 2 heterocycles. The molecule has 0 saturated heterocycles. The van der Waals surface area contributed by atoms with Crippen molar-refractivity contribution in [3.8, 4) is 11.5 Å². The number of carbonyl (C=O) groups excluding carboxylic acids is 2. The number of carbonyl (C=O) groups is 2. The van der Waals surface area contributed by atoms with Crippen LogP contribution in [0.1, 0.15) is 43.7 Å². The summed E-state index contributed by atoms with van der Waals surface area (Å²) in [6.07, 6.45) is 1.66. The molecule has 2 amide bonds. The van der Waals surface area contributed by atoms with Gasteiger partial charge in [0.2, 0.25) is 11.8 Å². The van der Waals surface area contributed by atoms with Gasteiger partial charge in [-0.2, -0.15) is 0 Å². The molecule has 0 N–H and O–H groups in total. The van der Waals surface area contributed by atoms with Crippen molar-refractivity contribution in [2.45, 2.75) is 39.7 Å². The van der Waals surface area contributed by atoms with Gasteiger partial charge in [-0.1, -0.05) is 26.8 Å². The number of fused-ring (bicyclic) bond motifs is 1. The van der Waals surface area contributed by atoms with Crippen LogP contribution < -0.4 is 9.47 Å². The number of ether oxygens (including phenoxy) is 2. The van der Waals surface area contributed by atoms with Gasteiger partial charge in [-0.25, -0.2) is 0 Å². The Morgan fingerprint density at radius 2 is 2.03 bits per heavy atom. The first-order valence-electron chi connectivity index (χ1n) is 10.9. The van der Waals surface area contributed by atoms with Crippen LogP contribution in [0.5, 0.6) is 11.5 Å². The Morgan fingerprint density at radius 1 is 1.26 bits per heavy atom. The van der Waals surface area contributed by atoms with Gasteiger partial charge in [-0.15, -0.1) is 11.3 Å². The maximum absolute atomic E-state index is 13.3. The first-order valence-corrected chi connectivity index (χ1v) is 11.7. The summed E-state index contributed by atoms with van der Waals surface area (Å²) in [6.45, 7) is 7.46. The zero-order valence-corrected chi connectivity index (χ0v) is 19.6. The van der Waals surface area contributed by atoms with E-state index in [1.165, 1.54) is 4.88 Å². The summed E-state index contributed by atoms with van der Waals surface area (Å²) in [7, 11) is 1.62. The molecule has 0 bridgehead atoms. The minimum Gasteiger partial charge on any atom is -0.497 e. The number of nitrogens with zero attached hydrogens (tertiary/aromatic N) is 2. The molecule has 1 unspecified atom stereocenters. The van der Waals surface area contributed by atoms with Crippen LogP contribution in [0.3, 0.4) is 0 Å². The second-order valence-electron chi connectivity index (χ2n) is 8.06. The Hall–Kier alpha value is -2.54. The Morgan fingerprint density at radius 3 is 2.74 bits per heavy atom. The minimum atomic E-state index is -0.175. The van der Waals surface area contributed by atoms with Gasteiger partial charge in [-0.05, 0) is 42.0 Å². The van der Waals surface area contributed by atoms with Gasteiger partial charge in [0.1, 0.15) is 18.1 Å². The Balaban J connectivity index is 1.77. The number of rotatable bonds is 9. The molecule has 0 spiro atoms. The number of hydrogen-bond donors (Lipinski definition) is 0. The SMILES string of the molecule is CCCN(CC(=O)N1CCc2sccc2C1COc1cccc(OC)c1)C(=O)C(C)C. The van der Waals surface area contributed by atoms with Crippen molar-refractivity contribution in [3.63, 3.8) is 0 Å². The highest BCUT2D eigenvalue weighted by molar-refractivity contribution is 7.10. The van der Waals surface area contributed by atoms with Crippen LogP contribution in [0.2, 0.25) is 0 Å². The highest BCUT2D eigenvalue weighted by atomic mass is 32.1. The van der Waals surface area contributed by atoms with Crippen LogP contribution >= 0.6 is 11.3 Å². The normalized spacial score (nSPS) is 15.5. The monoisotopic (exact) mass is 444 g/mol. The molecule has 1 atom stereocenters. The number of thiophene rings is 1. The predicted molar refractivity (Wildman–Crippen MR) is 123 cm³/mol. The first kappa shape index (κ1) is 23.1. The van der Waals surface area contributed by atoms with Crippen molar-refractivity contribution < 1.29 is 19.1 Å². The van der Waals surface area contributed by atoms with Crippen molar-refractivity contribution in [1.82, 2.24) is 9.80 Å². The highest BCUT2D eigenvalue weighted by Crippen LogP contribution is 2.34.